The molecule has 1 aromatic heterocycles. The summed E-state index contributed by atoms with van der Waals surface area (Å²) in [5, 5.41) is 14.1. The zero-order chi connectivity index (χ0) is 16.8. The second-order valence-electron chi connectivity index (χ2n) is 4.53. The maximum atomic E-state index is 10.9. The monoisotopic (exact) mass is 315 g/mol. The van der Waals surface area contributed by atoms with E-state index in [0.29, 0.717) is 5.75 Å². The molecule has 0 fully saturated rings. The molecule has 0 unspecified atom stereocenters. The Morgan fingerprint density at radius 1 is 1.52 bits per heavy atom. The zero-order valence-corrected chi connectivity index (χ0v) is 12.9. The van der Waals surface area contributed by atoms with Gasteiger partial charge in [0.25, 0.3) is 11.7 Å². The van der Waals surface area contributed by atoms with E-state index in [-0.39, 0.29) is 17.5 Å². The third kappa shape index (κ3) is 3.73. The molecule has 0 amide bonds. The first kappa shape index (κ1) is 16.2. The van der Waals surface area contributed by atoms with Crippen LogP contribution >= 0.6 is 0 Å². The highest BCUT2D eigenvalue weighted by molar-refractivity contribution is 5.93. The lowest BCUT2D eigenvalue weighted by atomic mass is 10.3. The first-order valence-electron chi connectivity index (χ1n) is 6.93. The van der Waals surface area contributed by atoms with E-state index in [1.807, 2.05) is 19.1 Å². The third-order valence-corrected chi connectivity index (χ3v) is 3.00. The molecule has 0 aliphatic heterocycles. The van der Waals surface area contributed by atoms with Crippen molar-refractivity contribution >= 4 is 17.4 Å². The minimum Gasteiger partial charge on any atom is -0.434 e. The van der Waals surface area contributed by atoms with E-state index in [0.717, 1.165) is 18.4 Å². The van der Waals surface area contributed by atoms with E-state index >= 15 is 0 Å². The molecule has 2 rings (SSSR count). The molecule has 23 heavy (non-hydrogen) atoms. The molecule has 1 heterocycles. The van der Waals surface area contributed by atoms with Crippen molar-refractivity contribution in [2.24, 2.45) is 12.0 Å². The van der Waals surface area contributed by atoms with Gasteiger partial charge in [0, 0.05) is 18.4 Å². The number of hydrogen-bond donors (Lipinski definition) is 1. The van der Waals surface area contributed by atoms with Crippen LogP contribution < -0.4 is 10.1 Å². The fourth-order valence-corrected chi connectivity index (χ4v) is 1.94. The molecule has 0 saturated heterocycles. The number of ether oxygens (including phenoxy) is 1. The normalized spacial score (nSPS) is 11.1. The fourth-order valence-electron chi connectivity index (χ4n) is 1.94. The molecule has 2 aromatic rings. The number of nitrogens with one attached hydrogen (secondary N) is 1. The van der Waals surface area contributed by atoms with E-state index in [1.165, 1.54) is 17.8 Å². The molecule has 0 bridgehead atoms. The van der Waals surface area contributed by atoms with Gasteiger partial charge in [-0.1, -0.05) is 6.58 Å². The van der Waals surface area contributed by atoms with Crippen LogP contribution in [0.5, 0.6) is 5.75 Å². The second-order valence-corrected chi connectivity index (χ2v) is 4.53. The predicted molar refractivity (Wildman–Crippen MR) is 87.8 cm³/mol. The fraction of sp³-hybridized carbons (Fsp3) is 0.200. The van der Waals surface area contributed by atoms with Gasteiger partial charge in [-0.05, 0) is 36.1 Å². The molecular weight excluding hydrogens is 298 g/mol. The van der Waals surface area contributed by atoms with Crippen molar-refractivity contribution in [1.82, 2.24) is 9.55 Å². The average molecular weight is 315 g/mol. The summed E-state index contributed by atoms with van der Waals surface area (Å²) in [6.07, 6.45) is 2.45. The minimum atomic E-state index is -0.521. The van der Waals surface area contributed by atoms with Gasteiger partial charge in [0.15, 0.2) is 0 Å². The lowest BCUT2D eigenvalue weighted by Crippen LogP contribution is -2.16. The van der Waals surface area contributed by atoms with Gasteiger partial charge in [-0.15, -0.1) is 0 Å². The summed E-state index contributed by atoms with van der Waals surface area (Å²) in [6.45, 7) is 6.36. The molecule has 1 N–H and O–H groups in total. The van der Waals surface area contributed by atoms with Gasteiger partial charge in [0.1, 0.15) is 11.9 Å². The van der Waals surface area contributed by atoms with Crippen LogP contribution in [0.3, 0.4) is 0 Å². The quantitative estimate of drug-likeness (QED) is 0.383. The lowest BCUT2D eigenvalue weighted by Gasteiger charge is -2.08. The van der Waals surface area contributed by atoms with Crippen LogP contribution in [0.15, 0.2) is 48.2 Å². The second kappa shape index (κ2) is 7.21. The molecule has 0 aliphatic carbocycles. The van der Waals surface area contributed by atoms with Crippen LogP contribution in [-0.2, 0) is 7.05 Å². The summed E-state index contributed by atoms with van der Waals surface area (Å²) in [5.41, 5.74) is 0.967. The molecule has 0 aliphatic rings. The zero-order valence-electron chi connectivity index (χ0n) is 12.9. The Morgan fingerprint density at radius 3 is 2.74 bits per heavy atom. The van der Waals surface area contributed by atoms with Crippen molar-refractivity contribution in [3.63, 3.8) is 0 Å². The topological polar surface area (TPSA) is 94.6 Å². The van der Waals surface area contributed by atoms with Gasteiger partial charge >= 0.3 is 5.82 Å². The highest BCUT2D eigenvalue weighted by Crippen LogP contribution is 2.19. The highest BCUT2D eigenvalue weighted by Gasteiger charge is 2.22. The molecular formula is C15H17N5O3. The van der Waals surface area contributed by atoms with Crippen molar-refractivity contribution in [1.29, 1.82) is 0 Å². The smallest absolute Gasteiger partial charge is 0.343 e. The number of nitrogens with zero attached hydrogens (tertiary/aromatic N) is 4. The molecule has 0 spiro atoms. The van der Waals surface area contributed by atoms with Gasteiger partial charge in [0.05, 0.1) is 7.05 Å². The standard InChI is InChI=1S/C15H17N5O3/c1-4-16-11-6-8-12(9-7-11)23-15(17-5-2)14-18-10-13(19(14)3)20(21)22/h5-10,16H,2,4H2,1,3H3. The average Bonchev–Trinajstić information content (AvgIpc) is 2.91. The van der Waals surface area contributed by atoms with Crippen molar-refractivity contribution < 1.29 is 9.66 Å². The molecule has 8 nitrogen and oxygen atoms in total. The summed E-state index contributed by atoms with van der Waals surface area (Å²) in [5.74, 6) is 0.764. The Labute approximate surface area is 133 Å². The summed E-state index contributed by atoms with van der Waals surface area (Å²) in [4.78, 5) is 18.4. The van der Waals surface area contributed by atoms with Crippen LogP contribution in [0.25, 0.3) is 0 Å². The SMILES string of the molecule is C=CN=C(Oc1ccc(NCC)cc1)c1ncc([N+](=O)[O-])n1C. The Bertz CT molecular complexity index is 734. The maximum Gasteiger partial charge on any atom is 0.343 e. The van der Waals surface area contributed by atoms with Crippen LogP contribution in [0.4, 0.5) is 11.5 Å². The molecule has 8 heteroatoms. The molecule has 0 saturated carbocycles. The first-order chi connectivity index (χ1) is 11.1. The number of hydrogen-bond acceptors (Lipinski definition) is 6. The van der Waals surface area contributed by atoms with Gasteiger partial charge in [-0.25, -0.2) is 14.5 Å². The van der Waals surface area contributed by atoms with Gasteiger partial charge in [-0.3, -0.25) is 0 Å². The van der Waals surface area contributed by atoms with Crippen molar-refractivity contribution in [3.8, 4) is 5.75 Å². The summed E-state index contributed by atoms with van der Waals surface area (Å²) in [7, 11) is 1.52. The number of benzene rings is 1. The Morgan fingerprint density at radius 2 is 2.22 bits per heavy atom. The number of aliphatic imine (C=N–C) groups is 1. The summed E-state index contributed by atoms with van der Waals surface area (Å²) < 4.78 is 6.99. The molecule has 1 aromatic carbocycles. The Balaban J connectivity index is 2.27. The largest absolute Gasteiger partial charge is 0.434 e. The number of aromatic nitrogens is 2. The number of rotatable bonds is 6. The minimum absolute atomic E-state index is 0.131. The number of anilines is 1. The predicted octanol–water partition coefficient (Wildman–Crippen LogP) is 2.73. The van der Waals surface area contributed by atoms with E-state index in [9.17, 15) is 10.1 Å². The molecule has 120 valence electrons. The number of imidazole rings is 1. The Kier molecular flexibility index (Phi) is 5.08. The van der Waals surface area contributed by atoms with Crippen LogP contribution in [0, 0.1) is 10.1 Å². The summed E-state index contributed by atoms with van der Waals surface area (Å²) in [6, 6.07) is 7.28. The number of nitro groups is 1. The van der Waals surface area contributed by atoms with Crippen molar-refractivity contribution in [3.05, 3.63) is 59.2 Å². The lowest BCUT2D eigenvalue weighted by molar-refractivity contribution is -0.391. The Hall–Kier alpha value is -3.16. The van der Waals surface area contributed by atoms with Gasteiger partial charge < -0.3 is 20.2 Å². The van der Waals surface area contributed by atoms with Crippen LogP contribution in [-0.4, -0.2) is 26.9 Å². The summed E-state index contributed by atoms with van der Waals surface area (Å²) >= 11 is 0. The van der Waals surface area contributed by atoms with Crippen LogP contribution in [0.2, 0.25) is 0 Å². The van der Waals surface area contributed by atoms with Gasteiger partial charge in [0.2, 0.25) is 0 Å². The van der Waals surface area contributed by atoms with Crippen molar-refractivity contribution in [2.45, 2.75) is 6.92 Å². The maximum absolute atomic E-state index is 10.9. The van der Waals surface area contributed by atoms with E-state index in [2.05, 4.69) is 21.9 Å². The molecule has 0 atom stereocenters. The third-order valence-electron chi connectivity index (χ3n) is 3.00. The molecule has 0 radical (unpaired) electrons. The van der Waals surface area contributed by atoms with Crippen molar-refractivity contribution in [2.75, 3.05) is 11.9 Å². The van der Waals surface area contributed by atoms with E-state index < -0.39 is 4.92 Å². The highest BCUT2D eigenvalue weighted by atomic mass is 16.6. The van der Waals surface area contributed by atoms with E-state index in [1.54, 1.807) is 12.1 Å². The first-order valence-corrected chi connectivity index (χ1v) is 6.93. The van der Waals surface area contributed by atoms with Crippen LogP contribution in [0.1, 0.15) is 12.7 Å². The van der Waals surface area contributed by atoms with E-state index in [4.69, 9.17) is 4.74 Å². The van der Waals surface area contributed by atoms with Gasteiger partial charge in [-0.2, -0.15) is 0 Å².